The van der Waals surface area contributed by atoms with E-state index in [1.165, 1.54) is 0 Å². The number of hydrogen-bond donors (Lipinski definition) is 0. The van der Waals surface area contributed by atoms with Crippen molar-refractivity contribution in [2.24, 2.45) is 11.8 Å². The van der Waals surface area contributed by atoms with E-state index in [2.05, 4.69) is 4.98 Å². The van der Waals surface area contributed by atoms with Crippen molar-refractivity contribution in [1.82, 2.24) is 4.98 Å². The third-order valence-electron chi connectivity index (χ3n) is 4.95. The lowest BCUT2D eigenvalue weighted by atomic mass is 9.64. The van der Waals surface area contributed by atoms with Crippen molar-refractivity contribution in [1.29, 1.82) is 0 Å². The Balaban J connectivity index is 2.04. The van der Waals surface area contributed by atoms with Crippen LogP contribution in [0.15, 0.2) is 18.3 Å². The molecular weight excluding hydrogens is 330 g/mol. The molecule has 0 bridgehead atoms. The van der Waals surface area contributed by atoms with E-state index in [1.54, 1.807) is 20.2 Å². The molecule has 0 amide bonds. The molecule has 1 atom stereocenters. The minimum absolute atomic E-state index is 0.0943. The number of Topliss-reactive ketones (excluding diaryl/α,β-unsaturated/α-hetero) is 1. The highest BCUT2D eigenvalue weighted by Gasteiger charge is 2.37. The Hall–Kier alpha value is -1.91. The summed E-state index contributed by atoms with van der Waals surface area (Å²) in [4.78, 5) is 27.9. The molecule has 0 N–H and O–H groups in total. The van der Waals surface area contributed by atoms with Gasteiger partial charge >= 0.3 is 5.97 Å². The lowest BCUT2D eigenvalue weighted by Gasteiger charge is -2.40. The number of ketones is 1. The average Bonchev–Trinajstić information content (AvgIpc) is 2.50. The molecule has 0 saturated heterocycles. The summed E-state index contributed by atoms with van der Waals surface area (Å²) in [6.07, 6.45) is 5.86. The highest BCUT2D eigenvalue weighted by atomic mass is 16.6. The van der Waals surface area contributed by atoms with Gasteiger partial charge in [0, 0.05) is 18.7 Å². The smallest absolute Gasteiger partial charge is 0.306 e. The van der Waals surface area contributed by atoms with Gasteiger partial charge in [-0.2, -0.15) is 0 Å². The van der Waals surface area contributed by atoms with Gasteiger partial charge in [0.05, 0.1) is 13.5 Å². The maximum atomic E-state index is 12.4. The predicted molar refractivity (Wildman–Crippen MR) is 100 cm³/mol. The van der Waals surface area contributed by atoms with Crippen LogP contribution < -0.4 is 4.74 Å². The molecule has 0 spiro atoms. The van der Waals surface area contributed by atoms with E-state index in [4.69, 9.17) is 9.47 Å². The van der Waals surface area contributed by atoms with Crippen molar-refractivity contribution in [3.8, 4) is 5.88 Å². The average molecular weight is 361 g/mol. The Morgan fingerprint density at radius 3 is 2.46 bits per heavy atom. The summed E-state index contributed by atoms with van der Waals surface area (Å²) in [7, 11) is 1.59. The molecule has 1 aromatic rings. The molecule has 1 fully saturated rings. The summed E-state index contributed by atoms with van der Waals surface area (Å²) in [6, 6.07) is 3.83. The molecule has 0 aromatic carbocycles. The fraction of sp³-hybridized carbons (Fsp3) is 0.667. The second-order valence-electron chi connectivity index (χ2n) is 8.37. The van der Waals surface area contributed by atoms with E-state index in [1.807, 2.05) is 32.9 Å². The van der Waals surface area contributed by atoms with Crippen LogP contribution in [0.3, 0.4) is 0 Å². The summed E-state index contributed by atoms with van der Waals surface area (Å²) in [5, 5.41) is 0. The first-order valence-corrected chi connectivity index (χ1v) is 9.39. The van der Waals surface area contributed by atoms with E-state index in [0.29, 0.717) is 30.6 Å². The van der Waals surface area contributed by atoms with Crippen molar-refractivity contribution in [2.45, 2.75) is 71.3 Å². The number of aromatic nitrogens is 1. The third kappa shape index (κ3) is 6.11. The number of carbonyl (C=O) groups is 2. The predicted octanol–water partition coefficient (Wildman–Crippen LogP) is 4.30. The van der Waals surface area contributed by atoms with Gasteiger partial charge in [-0.1, -0.05) is 6.07 Å². The molecule has 1 aromatic heterocycles. The first-order valence-electron chi connectivity index (χ1n) is 9.39. The summed E-state index contributed by atoms with van der Waals surface area (Å²) in [5.41, 5.74) is 0.565. The SMILES string of the molecule is COc1ccc(C(CC(=O)OC(C)(C)C)C2CC(CCC(C)=O)C2)cn1. The van der Waals surface area contributed by atoms with Crippen LogP contribution in [0.5, 0.6) is 5.88 Å². The fourth-order valence-electron chi connectivity index (χ4n) is 3.61. The van der Waals surface area contributed by atoms with Gasteiger partial charge in [0.15, 0.2) is 0 Å². The second-order valence-corrected chi connectivity index (χ2v) is 8.37. The van der Waals surface area contributed by atoms with Crippen LogP contribution in [-0.4, -0.2) is 29.4 Å². The standard InChI is InChI=1S/C21H31NO4/c1-14(23)6-7-15-10-17(11-15)18(12-20(24)26-21(2,3)4)16-8-9-19(25-5)22-13-16/h8-9,13,15,17-18H,6-7,10-12H2,1-5H3. The molecule has 0 aliphatic heterocycles. The van der Waals surface area contributed by atoms with E-state index in [0.717, 1.165) is 24.8 Å². The van der Waals surface area contributed by atoms with Crippen molar-refractivity contribution in [3.63, 3.8) is 0 Å². The minimum Gasteiger partial charge on any atom is -0.481 e. The fourth-order valence-corrected chi connectivity index (χ4v) is 3.61. The van der Waals surface area contributed by atoms with Crippen LogP contribution in [0, 0.1) is 11.8 Å². The molecule has 1 heterocycles. The summed E-state index contributed by atoms with van der Waals surface area (Å²) in [5.74, 6) is 1.74. The van der Waals surface area contributed by atoms with E-state index in [9.17, 15) is 9.59 Å². The largest absolute Gasteiger partial charge is 0.481 e. The first kappa shape index (κ1) is 20.4. The zero-order valence-electron chi connectivity index (χ0n) is 16.6. The van der Waals surface area contributed by atoms with Crippen LogP contribution >= 0.6 is 0 Å². The normalized spacial score (nSPS) is 20.8. The molecule has 0 radical (unpaired) electrons. The number of carbonyl (C=O) groups excluding carboxylic acids is 2. The highest BCUT2D eigenvalue weighted by molar-refractivity contribution is 5.75. The van der Waals surface area contributed by atoms with Gasteiger partial charge in [-0.25, -0.2) is 4.98 Å². The second kappa shape index (κ2) is 8.65. The van der Waals surface area contributed by atoms with E-state index < -0.39 is 5.60 Å². The van der Waals surface area contributed by atoms with Crippen LogP contribution in [0.4, 0.5) is 0 Å². The van der Waals surface area contributed by atoms with Crippen molar-refractivity contribution < 1.29 is 19.1 Å². The van der Waals surface area contributed by atoms with Crippen LogP contribution in [-0.2, 0) is 14.3 Å². The molecule has 1 saturated carbocycles. The van der Waals surface area contributed by atoms with E-state index >= 15 is 0 Å². The Morgan fingerprint density at radius 1 is 1.27 bits per heavy atom. The quantitative estimate of drug-likeness (QED) is 0.646. The Morgan fingerprint density at radius 2 is 1.96 bits per heavy atom. The van der Waals surface area contributed by atoms with Crippen molar-refractivity contribution >= 4 is 11.8 Å². The van der Waals surface area contributed by atoms with Crippen LogP contribution in [0.25, 0.3) is 0 Å². The summed E-state index contributed by atoms with van der Waals surface area (Å²) in [6.45, 7) is 7.30. The van der Waals surface area contributed by atoms with E-state index in [-0.39, 0.29) is 17.7 Å². The summed E-state index contributed by atoms with van der Waals surface area (Å²) < 4.78 is 10.7. The zero-order chi connectivity index (χ0) is 19.3. The number of hydrogen-bond acceptors (Lipinski definition) is 5. The molecule has 2 rings (SSSR count). The van der Waals surface area contributed by atoms with Gasteiger partial charge in [0.2, 0.25) is 5.88 Å². The third-order valence-corrected chi connectivity index (χ3v) is 4.95. The maximum absolute atomic E-state index is 12.4. The van der Waals surface area contributed by atoms with Gasteiger partial charge in [-0.3, -0.25) is 4.79 Å². The maximum Gasteiger partial charge on any atom is 0.306 e. The Labute approximate surface area is 156 Å². The first-order chi connectivity index (χ1) is 12.2. The van der Waals surface area contributed by atoms with Gasteiger partial charge in [0.25, 0.3) is 0 Å². The molecule has 5 heteroatoms. The molecule has 1 aliphatic carbocycles. The number of methoxy groups -OCH3 is 1. The molecule has 26 heavy (non-hydrogen) atoms. The lowest BCUT2D eigenvalue weighted by Crippen LogP contribution is -2.32. The number of nitrogens with zero attached hydrogens (tertiary/aromatic N) is 1. The lowest BCUT2D eigenvalue weighted by molar-refractivity contribution is -0.156. The number of esters is 1. The molecule has 1 unspecified atom stereocenters. The van der Waals surface area contributed by atoms with Crippen LogP contribution in [0.2, 0.25) is 0 Å². The van der Waals surface area contributed by atoms with Gasteiger partial charge in [0.1, 0.15) is 11.4 Å². The number of ether oxygens (including phenoxy) is 2. The Bertz CT molecular complexity index is 612. The van der Waals surface area contributed by atoms with Crippen molar-refractivity contribution in [2.75, 3.05) is 7.11 Å². The highest BCUT2D eigenvalue weighted by Crippen LogP contribution is 2.47. The number of pyridine rings is 1. The Kier molecular flexibility index (Phi) is 6.79. The van der Waals surface area contributed by atoms with Crippen molar-refractivity contribution in [3.05, 3.63) is 23.9 Å². The zero-order valence-corrected chi connectivity index (χ0v) is 16.6. The summed E-state index contributed by atoms with van der Waals surface area (Å²) >= 11 is 0. The van der Waals surface area contributed by atoms with Gasteiger partial charge < -0.3 is 14.3 Å². The topological polar surface area (TPSA) is 65.5 Å². The van der Waals surface area contributed by atoms with Crippen LogP contribution in [0.1, 0.15) is 71.3 Å². The monoisotopic (exact) mass is 361 g/mol. The minimum atomic E-state index is -0.483. The van der Waals surface area contributed by atoms with Gasteiger partial charge in [-0.15, -0.1) is 0 Å². The van der Waals surface area contributed by atoms with Gasteiger partial charge in [-0.05, 0) is 70.3 Å². The molecule has 1 aliphatic rings. The molecule has 144 valence electrons. The molecule has 5 nitrogen and oxygen atoms in total. The number of rotatable bonds is 8. The molecular formula is C21H31NO4.